The van der Waals surface area contributed by atoms with Crippen LogP contribution >= 0.6 is 11.6 Å². The van der Waals surface area contributed by atoms with Crippen molar-refractivity contribution >= 4 is 27.3 Å². The molecule has 92 valence electrons. The van der Waals surface area contributed by atoms with E-state index in [1.165, 1.54) is 0 Å². The average molecular weight is 272 g/mol. The van der Waals surface area contributed by atoms with Gasteiger partial charge in [0.2, 0.25) is 0 Å². The van der Waals surface area contributed by atoms with Crippen LogP contribution in [0, 0.1) is 5.92 Å². The van der Waals surface area contributed by atoms with Gasteiger partial charge in [-0.1, -0.05) is 25.1 Å². The Kier molecular flexibility index (Phi) is 3.27. The highest BCUT2D eigenvalue weighted by atomic mass is 35.5. The molecule has 2 unspecified atom stereocenters. The molecule has 1 aliphatic heterocycles. The Morgan fingerprint density at radius 3 is 2.59 bits per heavy atom. The Labute approximate surface area is 107 Å². The second kappa shape index (κ2) is 4.42. The molecular weight excluding hydrogens is 258 g/mol. The van der Waals surface area contributed by atoms with Gasteiger partial charge in [-0.05, 0) is 19.4 Å². The van der Waals surface area contributed by atoms with Gasteiger partial charge in [-0.2, -0.15) is 12.8 Å². The summed E-state index contributed by atoms with van der Waals surface area (Å²) in [6.07, 6.45) is 0.771. The molecule has 0 aliphatic carbocycles. The predicted molar refractivity (Wildman–Crippen MR) is 69.3 cm³/mol. The summed E-state index contributed by atoms with van der Waals surface area (Å²) < 4.78 is 27.6. The van der Waals surface area contributed by atoms with Crippen LogP contribution in [-0.4, -0.2) is 19.5 Å². The summed E-state index contributed by atoms with van der Waals surface area (Å²) in [6.45, 7) is 3.85. The third kappa shape index (κ3) is 2.11. The van der Waals surface area contributed by atoms with Crippen molar-refractivity contribution < 1.29 is 8.42 Å². The largest absolute Gasteiger partial charge is 0.283 e. The smallest absolute Gasteiger partial charge is 0.199 e. The molecule has 3 nitrogen and oxygen atoms in total. The Morgan fingerprint density at radius 2 is 2.00 bits per heavy atom. The van der Waals surface area contributed by atoms with E-state index in [0.717, 1.165) is 6.42 Å². The molecule has 1 aromatic carbocycles. The molecule has 0 N–H and O–H groups in total. The highest BCUT2D eigenvalue weighted by Crippen LogP contribution is 2.32. The van der Waals surface area contributed by atoms with E-state index in [1.807, 2.05) is 19.9 Å². The second-order valence-corrected chi connectivity index (χ2v) is 6.40. The highest BCUT2D eigenvalue weighted by molar-refractivity contribution is 7.90. The fourth-order valence-corrected chi connectivity index (χ4v) is 3.72. The standard InChI is InChI=1S/C12H14ClNO2S/c1-3-9(8(2)13)12-10-6-4-5-7-11(10)17(15,16)14-12/h4-9H,3H2,1-2H3. The van der Waals surface area contributed by atoms with Gasteiger partial charge in [-0.25, -0.2) is 0 Å². The van der Waals surface area contributed by atoms with Crippen LogP contribution in [0.25, 0.3) is 0 Å². The molecule has 2 atom stereocenters. The van der Waals surface area contributed by atoms with E-state index < -0.39 is 10.0 Å². The fraction of sp³-hybridized carbons (Fsp3) is 0.417. The van der Waals surface area contributed by atoms with Crippen LogP contribution in [0.1, 0.15) is 25.8 Å². The lowest BCUT2D eigenvalue weighted by Crippen LogP contribution is -2.21. The van der Waals surface area contributed by atoms with Crippen molar-refractivity contribution in [1.29, 1.82) is 0 Å². The van der Waals surface area contributed by atoms with Gasteiger partial charge in [0, 0.05) is 16.9 Å². The van der Waals surface area contributed by atoms with Crippen LogP contribution in [-0.2, 0) is 10.0 Å². The van der Waals surface area contributed by atoms with E-state index >= 15 is 0 Å². The number of nitrogens with zero attached hydrogens (tertiary/aromatic N) is 1. The number of alkyl halides is 1. The van der Waals surface area contributed by atoms with Crippen molar-refractivity contribution in [2.45, 2.75) is 30.5 Å². The van der Waals surface area contributed by atoms with Crippen LogP contribution in [0.3, 0.4) is 0 Å². The zero-order chi connectivity index (χ0) is 12.6. The minimum atomic E-state index is -3.51. The molecule has 0 aromatic heterocycles. The molecule has 5 heteroatoms. The molecule has 0 bridgehead atoms. The lowest BCUT2D eigenvalue weighted by Gasteiger charge is -2.17. The number of rotatable bonds is 3. The first-order chi connectivity index (χ1) is 7.97. The van der Waals surface area contributed by atoms with Crippen LogP contribution in [0.15, 0.2) is 33.6 Å². The number of benzene rings is 1. The van der Waals surface area contributed by atoms with Gasteiger partial charge >= 0.3 is 0 Å². The van der Waals surface area contributed by atoms with Gasteiger partial charge in [0.05, 0.1) is 10.6 Å². The molecule has 0 fully saturated rings. The van der Waals surface area contributed by atoms with Crippen molar-refractivity contribution in [3.63, 3.8) is 0 Å². The summed E-state index contributed by atoms with van der Waals surface area (Å²) in [4.78, 5) is 0.297. The summed E-state index contributed by atoms with van der Waals surface area (Å²) >= 11 is 6.11. The van der Waals surface area contributed by atoms with E-state index in [1.54, 1.807) is 18.2 Å². The van der Waals surface area contributed by atoms with E-state index in [9.17, 15) is 8.42 Å². The molecule has 0 saturated heterocycles. The third-order valence-electron chi connectivity index (χ3n) is 3.00. The van der Waals surface area contributed by atoms with Crippen molar-refractivity contribution in [3.05, 3.63) is 29.8 Å². The fourth-order valence-electron chi connectivity index (χ4n) is 2.13. The maximum atomic E-state index is 11.9. The van der Waals surface area contributed by atoms with Gasteiger partial charge in [-0.3, -0.25) is 0 Å². The second-order valence-electron chi connectivity index (χ2n) is 4.14. The lowest BCUT2D eigenvalue weighted by molar-refractivity contribution is 0.599. The Hall–Kier alpha value is -0.870. The van der Waals surface area contributed by atoms with E-state index in [-0.39, 0.29) is 11.3 Å². The first-order valence-corrected chi connectivity index (χ1v) is 7.43. The Balaban J connectivity index is 2.59. The zero-order valence-corrected chi connectivity index (χ0v) is 11.3. The first kappa shape index (κ1) is 12.6. The quantitative estimate of drug-likeness (QED) is 0.794. The van der Waals surface area contributed by atoms with Gasteiger partial charge in [0.15, 0.2) is 0 Å². The van der Waals surface area contributed by atoms with E-state index in [4.69, 9.17) is 11.6 Å². The number of fused-ring (bicyclic) bond motifs is 1. The van der Waals surface area contributed by atoms with Crippen LogP contribution < -0.4 is 0 Å². The summed E-state index contributed by atoms with van der Waals surface area (Å²) in [7, 11) is -3.51. The molecular formula is C12H14ClNO2S. The van der Waals surface area contributed by atoms with Crippen molar-refractivity contribution in [3.8, 4) is 0 Å². The number of hydrogen-bond acceptors (Lipinski definition) is 2. The summed E-state index contributed by atoms with van der Waals surface area (Å²) in [5.41, 5.74) is 1.30. The molecule has 0 saturated carbocycles. The number of hydrogen-bond donors (Lipinski definition) is 0. The SMILES string of the molecule is CCC(C1=NS(=O)(=O)c2ccccc21)C(C)Cl. The molecule has 2 rings (SSSR count). The molecule has 1 aliphatic rings. The van der Waals surface area contributed by atoms with Crippen LogP contribution in [0.2, 0.25) is 0 Å². The maximum Gasteiger partial charge on any atom is 0.283 e. The third-order valence-corrected chi connectivity index (χ3v) is 4.66. The van der Waals surface area contributed by atoms with Crippen molar-refractivity contribution in [2.24, 2.45) is 10.3 Å². The zero-order valence-electron chi connectivity index (χ0n) is 9.72. The maximum absolute atomic E-state index is 11.9. The Morgan fingerprint density at radius 1 is 1.35 bits per heavy atom. The molecule has 0 amide bonds. The topological polar surface area (TPSA) is 46.5 Å². The van der Waals surface area contributed by atoms with Gasteiger partial charge in [0.25, 0.3) is 10.0 Å². The Bertz CT molecular complexity index is 564. The molecule has 1 heterocycles. The van der Waals surface area contributed by atoms with E-state index in [2.05, 4.69) is 4.40 Å². The van der Waals surface area contributed by atoms with Gasteiger partial charge < -0.3 is 0 Å². The van der Waals surface area contributed by atoms with Gasteiger partial charge in [-0.15, -0.1) is 11.6 Å². The summed E-state index contributed by atoms with van der Waals surface area (Å²) in [5, 5.41) is -0.139. The minimum Gasteiger partial charge on any atom is -0.199 e. The van der Waals surface area contributed by atoms with E-state index in [0.29, 0.717) is 16.2 Å². The monoisotopic (exact) mass is 271 g/mol. The molecule has 0 spiro atoms. The minimum absolute atomic E-state index is 0.0323. The predicted octanol–water partition coefficient (Wildman–Crippen LogP) is 2.83. The summed E-state index contributed by atoms with van der Waals surface area (Å²) in [6, 6.07) is 6.91. The van der Waals surface area contributed by atoms with Crippen molar-refractivity contribution in [2.75, 3.05) is 0 Å². The molecule has 1 aromatic rings. The lowest BCUT2D eigenvalue weighted by atomic mass is 9.92. The first-order valence-electron chi connectivity index (χ1n) is 5.55. The van der Waals surface area contributed by atoms with Crippen LogP contribution in [0.5, 0.6) is 0 Å². The normalized spacial score (nSPS) is 20.5. The molecule has 0 radical (unpaired) electrons. The van der Waals surface area contributed by atoms with Gasteiger partial charge in [0.1, 0.15) is 0 Å². The van der Waals surface area contributed by atoms with Crippen molar-refractivity contribution in [1.82, 2.24) is 0 Å². The highest BCUT2D eigenvalue weighted by Gasteiger charge is 2.33. The molecule has 17 heavy (non-hydrogen) atoms. The van der Waals surface area contributed by atoms with Crippen LogP contribution in [0.4, 0.5) is 0 Å². The summed E-state index contributed by atoms with van der Waals surface area (Å²) in [5.74, 6) is -0.0323. The number of halogens is 1. The average Bonchev–Trinajstić information content (AvgIpc) is 2.53. The number of sulfonamides is 1.